The zero-order valence-corrected chi connectivity index (χ0v) is 9.03. The second kappa shape index (κ2) is 3.57. The lowest BCUT2D eigenvalue weighted by atomic mass is 10.1. The molecule has 0 bridgehead atoms. The SMILES string of the molecule is O=C1/C(=C/c2cscn2)Oc2ccccc21. The summed E-state index contributed by atoms with van der Waals surface area (Å²) < 4.78 is 5.47. The van der Waals surface area contributed by atoms with E-state index in [0.29, 0.717) is 17.1 Å². The molecule has 0 N–H and O–H groups in total. The van der Waals surface area contributed by atoms with E-state index in [-0.39, 0.29) is 5.78 Å². The fourth-order valence-electron chi connectivity index (χ4n) is 1.56. The van der Waals surface area contributed by atoms with Gasteiger partial charge in [-0.3, -0.25) is 4.79 Å². The number of aromatic nitrogens is 1. The van der Waals surface area contributed by atoms with Gasteiger partial charge in [-0.25, -0.2) is 4.98 Å². The van der Waals surface area contributed by atoms with Crippen LogP contribution in [0.5, 0.6) is 5.75 Å². The first-order valence-electron chi connectivity index (χ1n) is 4.76. The lowest BCUT2D eigenvalue weighted by molar-refractivity contribution is 0.101. The molecule has 4 heteroatoms. The third-order valence-electron chi connectivity index (χ3n) is 2.31. The first-order chi connectivity index (χ1) is 7.84. The Morgan fingerprint density at radius 1 is 1.31 bits per heavy atom. The molecule has 0 fully saturated rings. The third kappa shape index (κ3) is 1.44. The smallest absolute Gasteiger partial charge is 0.232 e. The number of rotatable bonds is 1. The fraction of sp³-hybridized carbons (Fsp3) is 0. The van der Waals surface area contributed by atoms with E-state index in [1.54, 1.807) is 23.7 Å². The molecule has 0 spiro atoms. The van der Waals surface area contributed by atoms with E-state index in [1.807, 2.05) is 17.5 Å². The van der Waals surface area contributed by atoms with Gasteiger partial charge in [-0.2, -0.15) is 0 Å². The molecule has 0 atom stereocenters. The summed E-state index contributed by atoms with van der Waals surface area (Å²) in [6.45, 7) is 0. The number of carbonyl (C=O) groups is 1. The van der Waals surface area contributed by atoms with Crippen LogP contribution in [0.3, 0.4) is 0 Å². The van der Waals surface area contributed by atoms with Crippen molar-refractivity contribution in [3.63, 3.8) is 0 Å². The number of thiazole rings is 1. The van der Waals surface area contributed by atoms with Crippen molar-refractivity contribution in [1.29, 1.82) is 0 Å². The molecule has 1 aromatic carbocycles. The van der Waals surface area contributed by atoms with Gasteiger partial charge < -0.3 is 4.74 Å². The molecule has 0 aliphatic carbocycles. The number of carbonyl (C=O) groups excluding carboxylic acids is 1. The number of benzene rings is 1. The average molecular weight is 229 g/mol. The number of hydrogen-bond donors (Lipinski definition) is 0. The largest absolute Gasteiger partial charge is 0.452 e. The molecule has 0 amide bonds. The minimum Gasteiger partial charge on any atom is -0.452 e. The van der Waals surface area contributed by atoms with Gasteiger partial charge in [0.25, 0.3) is 0 Å². The second-order valence-electron chi connectivity index (χ2n) is 3.35. The molecule has 0 radical (unpaired) electrons. The van der Waals surface area contributed by atoms with Gasteiger partial charge >= 0.3 is 0 Å². The van der Waals surface area contributed by atoms with Gasteiger partial charge in [0, 0.05) is 11.5 Å². The van der Waals surface area contributed by atoms with Gasteiger partial charge in [-0.15, -0.1) is 11.3 Å². The first-order valence-corrected chi connectivity index (χ1v) is 5.70. The molecule has 3 rings (SSSR count). The lowest BCUT2D eigenvalue weighted by Crippen LogP contribution is -1.97. The Balaban J connectivity index is 2.02. The van der Waals surface area contributed by atoms with E-state index in [0.717, 1.165) is 5.69 Å². The van der Waals surface area contributed by atoms with Crippen molar-refractivity contribution in [2.45, 2.75) is 0 Å². The van der Waals surface area contributed by atoms with E-state index in [1.165, 1.54) is 11.3 Å². The predicted molar refractivity (Wildman–Crippen MR) is 61.5 cm³/mol. The summed E-state index contributed by atoms with van der Waals surface area (Å²) in [7, 11) is 0. The molecule has 1 aliphatic heterocycles. The molecule has 78 valence electrons. The van der Waals surface area contributed by atoms with Crippen LogP contribution >= 0.6 is 11.3 Å². The molecule has 0 saturated heterocycles. The van der Waals surface area contributed by atoms with E-state index in [4.69, 9.17) is 4.74 Å². The van der Waals surface area contributed by atoms with Crippen molar-refractivity contribution in [2.75, 3.05) is 0 Å². The van der Waals surface area contributed by atoms with Crippen molar-refractivity contribution in [3.8, 4) is 5.75 Å². The Bertz CT molecular complexity index is 572. The summed E-state index contributed by atoms with van der Waals surface area (Å²) in [6, 6.07) is 7.22. The van der Waals surface area contributed by atoms with Crippen LogP contribution in [0.15, 0.2) is 40.9 Å². The maximum Gasteiger partial charge on any atom is 0.232 e. The van der Waals surface area contributed by atoms with Crippen LogP contribution in [0.25, 0.3) is 6.08 Å². The van der Waals surface area contributed by atoms with Gasteiger partial charge in [0.15, 0.2) is 5.76 Å². The summed E-state index contributed by atoms with van der Waals surface area (Å²) >= 11 is 1.49. The molecular formula is C12H7NO2S. The van der Waals surface area contributed by atoms with E-state index < -0.39 is 0 Å². The summed E-state index contributed by atoms with van der Waals surface area (Å²) in [5.74, 6) is 0.879. The van der Waals surface area contributed by atoms with Crippen molar-refractivity contribution in [3.05, 3.63) is 52.2 Å². The number of ketones is 1. The molecule has 3 nitrogen and oxygen atoms in total. The molecule has 16 heavy (non-hydrogen) atoms. The van der Waals surface area contributed by atoms with Crippen LogP contribution in [0, 0.1) is 0 Å². The highest BCUT2D eigenvalue weighted by molar-refractivity contribution is 7.07. The van der Waals surface area contributed by atoms with Crippen molar-refractivity contribution < 1.29 is 9.53 Å². The molecular weight excluding hydrogens is 222 g/mol. The molecule has 1 aromatic heterocycles. The summed E-state index contributed by atoms with van der Waals surface area (Å²) in [4.78, 5) is 16.0. The van der Waals surface area contributed by atoms with E-state index in [9.17, 15) is 4.79 Å². The van der Waals surface area contributed by atoms with Gasteiger partial charge in [0.1, 0.15) is 5.75 Å². The van der Waals surface area contributed by atoms with E-state index in [2.05, 4.69) is 4.98 Å². The predicted octanol–water partition coefficient (Wildman–Crippen LogP) is 2.76. The quantitative estimate of drug-likeness (QED) is 0.706. The Kier molecular flexibility index (Phi) is 2.08. The zero-order chi connectivity index (χ0) is 11.0. The monoisotopic (exact) mass is 229 g/mol. The van der Waals surface area contributed by atoms with Gasteiger partial charge in [0.2, 0.25) is 5.78 Å². The Morgan fingerprint density at radius 2 is 2.19 bits per heavy atom. The number of allylic oxidation sites excluding steroid dienone is 1. The van der Waals surface area contributed by atoms with Crippen LogP contribution in [0.4, 0.5) is 0 Å². The molecule has 2 heterocycles. The Labute approximate surface area is 96.0 Å². The third-order valence-corrected chi connectivity index (χ3v) is 2.91. The van der Waals surface area contributed by atoms with E-state index >= 15 is 0 Å². The summed E-state index contributed by atoms with van der Waals surface area (Å²) in [5, 5.41) is 1.87. The topological polar surface area (TPSA) is 39.2 Å². The second-order valence-corrected chi connectivity index (χ2v) is 4.07. The van der Waals surface area contributed by atoms with Crippen LogP contribution in [-0.4, -0.2) is 10.8 Å². The number of nitrogens with zero attached hydrogens (tertiary/aromatic N) is 1. The van der Waals surface area contributed by atoms with Gasteiger partial charge in [0.05, 0.1) is 16.8 Å². The highest BCUT2D eigenvalue weighted by Crippen LogP contribution is 2.31. The normalized spacial score (nSPS) is 16.2. The number of para-hydroxylation sites is 1. The lowest BCUT2D eigenvalue weighted by Gasteiger charge is -1.95. The minimum atomic E-state index is -0.0800. The molecule has 1 aliphatic rings. The maximum atomic E-state index is 11.9. The first kappa shape index (κ1) is 9.30. The molecule has 0 unspecified atom stereocenters. The van der Waals surface area contributed by atoms with Crippen molar-refractivity contribution in [1.82, 2.24) is 4.98 Å². The Hall–Kier alpha value is -1.94. The number of ether oxygens (including phenoxy) is 1. The van der Waals surface area contributed by atoms with Crippen LogP contribution in [0.2, 0.25) is 0 Å². The van der Waals surface area contributed by atoms with Crippen molar-refractivity contribution in [2.24, 2.45) is 0 Å². The number of Topliss-reactive ketones (excluding diaryl/α,β-unsaturated/α-hetero) is 1. The maximum absolute atomic E-state index is 11.9. The molecule has 2 aromatic rings. The summed E-state index contributed by atoms with van der Waals surface area (Å²) in [5.41, 5.74) is 3.09. The number of fused-ring (bicyclic) bond motifs is 1. The Morgan fingerprint density at radius 3 is 2.94 bits per heavy atom. The summed E-state index contributed by atoms with van der Waals surface area (Å²) in [6.07, 6.45) is 1.67. The van der Waals surface area contributed by atoms with Gasteiger partial charge in [-0.1, -0.05) is 12.1 Å². The van der Waals surface area contributed by atoms with Crippen LogP contribution in [-0.2, 0) is 0 Å². The van der Waals surface area contributed by atoms with Crippen LogP contribution < -0.4 is 4.74 Å². The van der Waals surface area contributed by atoms with Crippen LogP contribution in [0.1, 0.15) is 16.1 Å². The fourth-order valence-corrected chi connectivity index (χ4v) is 2.07. The highest BCUT2D eigenvalue weighted by atomic mass is 32.1. The zero-order valence-electron chi connectivity index (χ0n) is 8.21. The molecule has 0 saturated carbocycles. The minimum absolute atomic E-state index is 0.0800. The van der Waals surface area contributed by atoms with Crippen molar-refractivity contribution >= 4 is 23.2 Å². The average Bonchev–Trinajstić information content (AvgIpc) is 2.90. The highest BCUT2D eigenvalue weighted by Gasteiger charge is 2.26. The number of hydrogen-bond acceptors (Lipinski definition) is 4. The standard InChI is InChI=1S/C12H7NO2S/c14-12-9-3-1-2-4-10(9)15-11(12)5-8-6-16-7-13-8/h1-7H/b11-5-. The van der Waals surface area contributed by atoms with Gasteiger partial charge in [-0.05, 0) is 12.1 Å².